The first-order valence-corrected chi connectivity index (χ1v) is 10.1. The van der Waals surface area contributed by atoms with Crippen molar-refractivity contribution in [1.82, 2.24) is 5.01 Å². The van der Waals surface area contributed by atoms with E-state index in [-0.39, 0.29) is 6.04 Å². The fourth-order valence-electron chi connectivity index (χ4n) is 3.80. The molecular formula is C22H15Cl3N2O. The van der Waals surface area contributed by atoms with Gasteiger partial charge >= 0.3 is 0 Å². The molecule has 5 rings (SSSR count). The molecule has 2 aliphatic heterocycles. The normalized spacial score (nSPS) is 20.2. The van der Waals surface area contributed by atoms with Crippen molar-refractivity contribution in [3.05, 3.63) is 98.5 Å². The summed E-state index contributed by atoms with van der Waals surface area (Å²) in [5.41, 5.74) is 3.97. The van der Waals surface area contributed by atoms with E-state index in [4.69, 9.17) is 44.6 Å². The van der Waals surface area contributed by atoms with Gasteiger partial charge in [-0.3, -0.25) is 0 Å². The molecule has 0 N–H and O–H groups in total. The number of halogens is 3. The molecule has 28 heavy (non-hydrogen) atoms. The molecule has 6 heteroatoms. The van der Waals surface area contributed by atoms with Crippen LogP contribution in [-0.4, -0.2) is 10.7 Å². The summed E-state index contributed by atoms with van der Waals surface area (Å²) in [6.45, 7) is 0. The maximum Gasteiger partial charge on any atom is 0.214 e. The average Bonchev–Trinajstić information content (AvgIpc) is 3.14. The highest BCUT2D eigenvalue weighted by Crippen LogP contribution is 2.50. The number of hydrazone groups is 1. The highest BCUT2D eigenvalue weighted by Gasteiger charge is 2.42. The van der Waals surface area contributed by atoms with E-state index in [1.54, 1.807) is 6.07 Å². The van der Waals surface area contributed by atoms with Crippen LogP contribution in [0.5, 0.6) is 5.75 Å². The molecule has 0 fully saturated rings. The second-order valence-electron chi connectivity index (χ2n) is 6.84. The lowest BCUT2D eigenvalue weighted by Gasteiger charge is -2.38. The van der Waals surface area contributed by atoms with Crippen molar-refractivity contribution in [1.29, 1.82) is 0 Å². The Hall–Kier alpha value is -2.20. The van der Waals surface area contributed by atoms with Crippen molar-refractivity contribution in [2.75, 3.05) is 0 Å². The summed E-state index contributed by atoms with van der Waals surface area (Å²) in [5.74, 6) is 0.654. The number of fused-ring (bicyclic) bond motifs is 3. The molecule has 3 aromatic carbocycles. The van der Waals surface area contributed by atoms with Gasteiger partial charge in [-0.15, -0.1) is 0 Å². The van der Waals surface area contributed by atoms with E-state index in [2.05, 4.69) is 12.1 Å². The zero-order valence-corrected chi connectivity index (χ0v) is 16.9. The van der Waals surface area contributed by atoms with E-state index in [1.807, 2.05) is 53.5 Å². The highest BCUT2D eigenvalue weighted by atomic mass is 35.5. The zero-order chi connectivity index (χ0) is 19.3. The van der Waals surface area contributed by atoms with E-state index >= 15 is 0 Å². The Balaban J connectivity index is 1.65. The van der Waals surface area contributed by atoms with Gasteiger partial charge in [0.15, 0.2) is 0 Å². The number of hydrogen-bond acceptors (Lipinski definition) is 3. The lowest BCUT2D eigenvalue weighted by atomic mass is 9.96. The van der Waals surface area contributed by atoms with E-state index in [0.29, 0.717) is 20.8 Å². The predicted molar refractivity (Wildman–Crippen MR) is 113 cm³/mol. The molecule has 0 aromatic heterocycles. The summed E-state index contributed by atoms with van der Waals surface area (Å²) in [5, 5.41) is 8.65. The molecule has 0 saturated heterocycles. The predicted octanol–water partition coefficient (Wildman–Crippen LogP) is 6.89. The SMILES string of the molecule is Clc1cccc([C@H]2Oc3c(Cl)cc(Cl)cc3[C@@H]3CC(c4ccccc4)=NN23)c1. The molecule has 2 aliphatic rings. The number of hydrogen-bond donors (Lipinski definition) is 0. The van der Waals surface area contributed by atoms with Crippen LogP contribution in [0.2, 0.25) is 15.1 Å². The lowest BCUT2D eigenvalue weighted by Crippen LogP contribution is -2.33. The maximum absolute atomic E-state index is 6.48. The third-order valence-electron chi connectivity index (χ3n) is 5.05. The van der Waals surface area contributed by atoms with Crippen LogP contribution in [0.4, 0.5) is 0 Å². The number of ether oxygens (including phenoxy) is 1. The monoisotopic (exact) mass is 428 g/mol. The minimum absolute atomic E-state index is 0.0147. The summed E-state index contributed by atoms with van der Waals surface area (Å²) in [7, 11) is 0. The molecule has 0 amide bonds. The Labute approximate surface area is 178 Å². The zero-order valence-electron chi connectivity index (χ0n) is 14.6. The van der Waals surface area contributed by atoms with E-state index < -0.39 is 6.23 Å². The summed E-state index contributed by atoms with van der Waals surface area (Å²) >= 11 is 19.0. The Kier molecular flexibility index (Phi) is 4.47. The molecule has 0 unspecified atom stereocenters. The van der Waals surface area contributed by atoms with Crippen LogP contribution < -0.4 is 4.74 Å². The molecule has 0 bridgehead atoms. The molecule has 2 heterocycles. The van der Waals surface area contributed by atoms with Gasteiger partial charge in [0.05, 0.1) is 16.8 Å². The maximum atomic E-state index is 6.48. The van der Waals surface area contributed by atoms with Crippen molar-refractivity contribution < 1.29 is 4.74 Å². The quantitative estimate of drug-likeness (QED) is 0.443. The summed E-state index contributed by atoms with van der Waals surface area (Å²) < 4.78 is 6.33. The first-order chi connectivity index (χ1) is 13.6. The van der Waals surface area contributed by atoms with Crippen molar-refractivity contribution in [3.8, 4) is 5.75 Å². The van der Waals surface area contributed by atoms with Gasteiger partial charge < -0.3 is 4.74 Å². The average molecular weight is 430 g/mol. The van der Waals surface area contributed by atoms with Crippen LogP contribution in [-0.2, 0) is 0 Å². The van der Waals surface area contributed by atoms with Gasteiger partial charge in [0.25, 0.3) is 0 Å². The second kappa shape index (κ2) is 7.00. The van der Waals surface area contributed by atoms with Crippen LogP contribution in [0, 0.1) is 0 Å². The van der Waals surface area contributed by atoms with Gasteiger partial charge in [-0.25, -0.2) is 5.01 Å². The third-order valence-corrected chi connectivity index (χ3v) is 5.78. The van der Waals surface area contributed by atoms with E-state index in [0.717, 1.165) is 28.8 Å². The summed E-state index contributed by atoms with van der Waals surface area (Å²) in [6, 6.07) is 21.4. The smallest absolute Gasteiger partial charge is 0.214 e. The Morgan fingerprint density at radius 3 is 2.50 bits per heavy atom. The minimum atomic E-state index is -0.420. The van der Waals surface area contributed by atoms with Crippen molar-refractivity contribution in [2.24, 2.45) is 5.10 Å². The van der Waals surface area contributed by atoms with Gasteiger partial charge in [0.1, 0.15) is 5.75 Å². The fourth-order valence-corrected chi connectivity index (χ4v) is 4.55. The molecule has 2 atom stereocenters. The van der Waals surface area contributed by atoms with Crippen LogP contribution in [0.25, 0.3) is 0 Å². The molecule has 0 radical (unpaired) electrons. The first kappa shape index (κ1) is 17.9. The van der Waals surface area contributed by atoms with Crippen LogP contribution in [0.15, 0.2) is 71.8 Å². The third kappa shape index (κ3) is 3.04. The molecular weight excluding hydrogens is 415 g/mol. The van der Waals surface area contributed by atoms with Crippen LogP contribution >= 0.6 is 34.8 Å². The fraction of sp³-hybridized carbons (Fsp3) is 0.136. The van der Waals surface area contributed by atoms with Crippen LogP contribution in [0.1, 0.15) is 35.4 Å². The molecule has 0 spiro atoms. The standard InChI is InChI=1S/C22H15Cl3N2O/c23-15-8-4-7-14(9-15)22-27-20(12-19(26-27)13-5-2-1-3-6-13)17-10-16(24)11-18(25)21(17)28-22/h1-11,20,22H,12H2/t20-,22+/m0/s1. The minimum Gasteiger partial charge on any atom is -0.463 e. The van der Waals surface area contributed by atoms with Crippen molar-refractivity contribution in [3.63, 3.8) is 0 Å². The second-order valence-corrected chi connectivity index (χ2v) is 8.12. The van der Waals surface area contributed by atoms with Crippen molar-refractivity contribution >= 4 is 40.5 Å². The molecule has 0 saturated carbocycles. The van der Waals surface area contributed by atoms with Gasteiger partial charge in [-0.05, 0) is 29.8 Å². The molecule has 3 nitrogen and oxygen atoms in total. The largest absolute Gasteiger partial charge is 0.463 e. The van der Waals surface area contributed by atoms with E-state index in [1.165, 1.54) is 0 Å². The first-order valence-electron chi connectivity index (χ1n) is 8.92. The molecule has 0 aliphatic carbocycles. The topological polar surface area (TPSA) is 24.8 Å². The van der Waals surface area contributed by atoms with Gasteiger partial charge in [0, 0.05) is 27.6 Å². The Bertz CT molecular complexity index is 1080. The lowest BCUT2D eigenvalue weighted by molar-refractivity contribution is -0.0189. The summed E-state index contributed by atoms with van der Waals surface area (Å²) in [4.78, 5) is 0. The number of nitrogens with zero attached hydrogens (tertiary/aromatic N) is 2. The van der Waals surface area contributed by atoms with Gasteiger partial charge in [-0.1, -0.05) is 77.3 Å². The summed E-state index contributed by atoms with van der Waals surface area (Å²) in [6.07, 6.45) is 0.324. The van der Waals surface area contributed by atoms with E-state index in [9.17, 15) is 0 Å². The van der Waals surface area contributed by atoms with Crippen molar-refractivity contribution in [2.45, 2.75) is 18.7 Å². The number of rotatable bonds is 2. The Morgan fingerprint density at radius 1 is 0.893 bits per heavy atom. The highest BCUT2D eigenvalue weighted by molar-refractivity contribution is 6.35. The Morgan fingerprint density at radius 2 is 1.71 bits per heavy atom. The van der Waals surface area contributed by atoms with Gasteiger partial charge in [0.2, 0.25) is 6.23 Å². The number of benzene rings is 3. The van der Waals surface area contributed by atoms with Crippen LogP contribution in [0.3, 0.4) is 0 Å². The molecule has 140 valence electrons. The van der Waals surface area contributed by atoms with Gasteiger partial charge in [-0.2, -0.15) is 5.10 Å². The molecule has 3 aromatic rings.